The number of hydrogen-bond donors (Lipinski definition) is 1. The molecule has 0 radical (unpaired) electrons. The second-order valence-corrected chi connectivity index (χ2v) is 10.2. The van der Waals surface area contributed by atoms with E-state index >= 15 is 0 Å². The molecule has 0 unspecified atom stereocenters. The van der Waals surface area contributed by atoms with Crippen molar-refractivity contribution in [1.29, 1.82) is 0 Å². The molecule has 1 N–H and O–H groups in total. The number of carbonyl (C=O) groups excluding carboxylic acids is 2. The third-order valence-electron chi connectivity index (χ3n) is 8.12. The standard InChI is InChI=1S/C25H37N5O2/c1-18-10-11-27-29(18)13-12-28-16-20-14-21(17-28)24(30-22(20)8-5-9-23(30)31)25(32)26-15-19-6-3-2-4-7-19/h6,10-11,20-22,24H,2-5,7-9,12-17H2,1H3,(H,26,32)/t20-,21+,22-,24+/m0/s1. The maximum absolute atomic E-state index is 13.5. The van der Waals surface area contributed by atoms with E-state index in [0.717, 1.165) is 58.3 Å². The molecule has 1 aromatic rings. The van der Waals surface area contributed by atoms with Crippen molar-refractivity contribution >= 4 is 11.8 Å². The summed E-state index contributed by atoms with van der Waals surface area (Å²) in [5, 5.41) is 7.65. The molecule has 7 heteroatoms. The first-order chi connectivity index (χ1) is 15.6. The zero-order chi connectivity index (χ0) is 22.1. The Morgan fingerprint density at radius 2 is 2.03 bits per heavy atom. The van der Waals surface area contributed by atoms with E-state index in [2.05, 4.69) is 33.0 Å². The van der Waals surface area contributed by atoms with Gasteiger partial charge in [-0.15, -0.1) is 0 Å². The lowest BCUT2D eigenvalue weighted by Gasteiger charge is -2.56. The van der Waals surface area contributed by atoms with Crippen molar-refractivity contribution in [3.8, 4) is 0 Å². The Kier molecular flexibility index (Phi) is 6.35. The first-order valence-electron chi connectivity index (χ1n) is 12.6. The van der Waals surface area contributed by atoms with Crippen molar-refractivity contribution in [3.05, 3.63) is 29.6 Å². The summed E-state index contributed by atoms with van der Waals surface area (Å²) in [5.74, 6) is 0.937. The lowest BCUT2D eigenvalue weighted by Crippen LogP contribution is -2.68. The number of hydrogen-bond acceptors (Lipinski definition) is 4. The number of nitrogens with zero attached hydrogens (tertiary/aromatic N) is 4. The number of fused-ring (bicyclic) bond motifs is 4. The van der Waals surface area contributed by atoms with Crippen LogP contribution in [0, 0.1) is 18.8 Å². The SMILES string of the molecule is Cc1ccnn1CCN1C[C@@H]2C[C@H](C1)[C@H](C(=O)NCC1=CCCCC1)N1C(=O)CCC[C@@H]21. The average molecular weight is 440 g/mol. The van der Waals surface area contributed by atoms with Gasteiger partial charge in [0, 0.05) is 56.5 Å². The molecule has 0 spiro atoms. The van der Waals surface area contributed by atoms with Gasteiger partial charge in [0.05, 0.1) is 6.54 Å². The van der Waals surface area contributed by atoms with Crippen LogP contribution in [0.5, 0.6) is 0 Å². The van der Waals surface area contributed by atoms with E-state index < -0.39 is 0 Å². The Bertz CT molecular complexity index is 877. The number of nitrogens with one attached hydrogen (secondary N) is 1. The van der Waals surface area contributed by atoms with Gasteiger partial charge in [0.15, 0.2) is 0 Å². The number of carbonyl (C=O) groups is 2. The molecule has 32 heavy (non-hydrogen) atoms. The number of likely N-dealkylation sites (tertiary alicyclic amines) is 1. The van der Waals surface area contributed by atoms with E-state index in [4.69, 9.17) is 0 Å². The van der Waals surface area contributed by atoms with Gasteiger partial charge in [-0.25, -0.2) is 0 Å². The summed E-state index contributed by atoms with van der Waals surface area (Å²) in [4.78, 5) is 31.0. The average Bonchev–Trinajstić information content (AvgIpc) is 3.22. The van der Waals surface area contributed by atoms with Crippen LogP contribution in [0.4, 0.5) is 0 Å². The highest BCUT2D eigenvalue weighted by Gasteiger charge is 2.51. The molecule has 0 aromatic carbocycles. The summed E-state index contributed by atoms with van der Waals surface area (Å²) in [7, 11) is 0. The lowest BCUT2D eigenvalue weighted by molar-refractivity contribution is -0.160. The van der Waals surface area contributed by atoms with Gasteiger partial charge in [0.25, 0.3) is 0 Å². The highest BCUT2D eigenvalue weighted by molar-refractivity contribution is 5.89. The van der Waals surface area contributed by atoms with E-state index in [9.17, 15) is 9.59 Å². The minimum absolute atomic E-state index is 0.0601. The molecule has 174 valence electrons. The molecule has 2 amide bonds. The smallest absolute Gasteiger partial charge is 0.243 e. The molecule has 2 bridgehead atoms. The highest BCUT2D eigenvalue weighted by Crippen LogP contribution is 2.41. The van der Waals surface area contributed by atoms with Gasteiger partial charge in [0.2, 0.25) is 11.8 Å². The number of aryl methyl sites for hydroxylation is 1. The summed E-state index contributed by atoms with van der Waals surface area (Å²) in [5.41, 5.74) is 2.53. The number of aromatic nitrogens is 2. The fourth-order valence-electron chi connectivity index (χ4n) is 6.51. The van der Waals surface area contributed by atoms with Crippen LogP contribution in [-0.4, -0.2) is 69.7 Å². The monoisotopic (exact) mass is 439 g/mol. The van der Waals surface area contributed by atoms with Gasteiger partial charge in [-0.1, -0.05) is 11.6 Å². The first-order valence-corrected chi connectivity index (χ1v) is 12.6. The van der Waals surface area contributed by atoms with E-state index in [1.165, 1.54) is 24.1 Å². The van der Waals surface area contributed by atoms with Crippen LogP contribution in [-0.2, 0) is 16.1 Å². The fraction of sp³-hybridized carbons (Fsp3) is 0.720. The van der Waals surface area contributed by atoms with E-state index in [1.807, 2.05) is 17.2 Å². The highest BCUT2D eigenvalue weighted by atomic mass is 16.2. The second-order valence-electron chi connectivity index (χ2n) is 10.2. The summed E-state index contributed by atoms with van der Waals surface area (Å²) in [6, 6.07) is 1.94. The van der Waals surface area contributed by atoms with Gasteiger partial charge < -0.3 is 15.1 Å². The predicted octanol–water partition coefficient (Wildman–Crippen LogP) is 2.51. The Labute approximate surface area is 191 Å². The number of allylic oxidation sites excluding steroid dienone is 1. The third-order valence-corrected chi connectivity index (χ3v) is 8.12. The first kappa shape index (κ1) is 21.7. The normalized spacial score (nSPS) is 30.6. The van der Waals surface area contributed by atoms with Crippen molar-refractivity contribution < 1.29 is 9.59 Å². The van der Waals surface area contributed by atoms with Crippen LogP contribution in [0.1, 0.15) is 57.1 Å². The number of piperidine rings is 3. The summed E-state index contributed by atoms with van der Waals surface area (Å²) < 4.78 is 2.06. The summed E-state index contributed by atoms with van der Waals surface area (Å²) >= 11 is 0. The van der Waals surface area contributed by atoms with Crippen molar-refractivity contribution in [2.45, 2.75) is 76.9 Å². The van der Waals surface area contributed by atoms with E-state index in [-0.39, 0.29) is 29.8 Å². The van der Waals surface area contributed by atoms with Gasteiger partial charge >= 0.3 is 0 Å². The summed E-state index contributed by atoms with van der Waals surface area (Å²) in [6.07, 6.45) is 12.5. The van der Waals surface area contributed by atoms with Gasteiger partial charge in [-0.05, 0) is 63.9 Å². The molecule has 1 aromatic heterocycles. The molecule has 4 atom stereocenters. The molecule has 4 heterocycles. The Morgan fingerprint density at radius 3 is 2.81 bits per heavy atom. The Hall–Kier alpha value is -2.15. The zero-order valence-electron chi connectivity index (χ0n) is 19.3. The number of rotatable bonds is 6. The maximum Gasteiger partial charge on any atom is 0.243 e. The Balaban J connectivity index is 1.30. The van der Waals surface area contributed by atoms with Gasteiger partial charge in [0.1, 0.15) is 6.04 Å². The maximum atomic E-state index is 13.5. The van der Waals surface area contributed by atoms with Crippen LogP contribution in [0.2, 0.25) is 0 Å². The zero-order valence-corrected chi connectivity index (χ0v) is 19.3. The molecule has 3 fully saturated rings. The van der Waals surface area contributed by atoms with Crippen molar-refractivity contribution in [3.63, 3.8) is 0 Å². The molecular formula is C25H37N5O2. The molecule has 3 saturated heterocycles. The van der Waals surface area contributed by atoms with Crippen LogP contribution in [0.3, 0.4) is 0 Å². The van der Waals surface area contributed by atoms with Crippen LogP contribution in [0.15, 0.2) is 23.9 Å². The molecule has 7 nitrogen and oxygen atoms in total. The molecule has 0 saturated carbocycles. The lowest BCUT2D eigenvalue weighted by atomic mass is 9.71. The van der Waals surface area contributed by atoms with Gasteiger partial charge in [-0.2, -0.15) is 5.10 Å². The van der Waals surface area contributed by atoms with Crippen LogP contribution in [0.25, 0.3) is 0 Å². The fourth-order valence-corrected chi connectivity index (χ4v) is 6.51. The van der Waals surface area contributed by atoms with Crippen LogP contribution >= 0.6 is 0 Å². The van der Waals surface area contributed by atoms with Gasteiger partial charge in [-0.3, -0.25) is 14.3 Å². The van der Waals surface area contributed by atoms with Crippen LogP contribution < -0.4 is 5.32 Å². The minimum Gasteiger partial charge on any atom is -0.351 e. The molecule has 1 aliphatic carbocycles. The minimum atomic E-state index is -0.317. The Morgan fingerprint density at radius 1 is 1.16 bits per heavy atom. The number of amides is 2. The molecule has 4 aliphatic rings. The van der Waals surface area contributed by atoms with Crippen molar-refractivity contribution in [1.82, 2.24) is 24.9 Å². The quantitative estimate of drug-likeness (QED) is 0.692. The molecular weight excluding hydrogens is 402 g/mol. The van der Waals surface area contributed by atoms with Crippen molar-refractivity contribution in [2.24, 2.45) is 11.8 Å². The van der Waals surface area contributed by atoms with Crippen molar-refractivity contribution in [2.75, 3.05) is 26.2 Å². The molecule has 3 aliphatic heterocycles. The third kappa shape index (κ3) is 4.36. The predicted molar refractivity (Wildman–Crippen MR) is 123 cm³/mol. The topological polar surface area (TPSA) is 70.5 Å². The van der Waals surface area contributed by atoms with E-state index in [0.29, 0.717) is 18.9 Å². The molecule has 5 rings (SSSR count). The van der Waals surface area contributed by atoms with E-state index in [1.54, 1.807) is 0 Å². The summed E-state index contributed by atoms with van der Waals surface area (Å²) in [6.45, 7) is 6.45. The second kappa shape index (κ2) is 9.38. The largest absolute Gasteiger partial charge is 0.351 e.